The number of rotatable bonds is 6. The summed E-state index contributed by atoms with van der Waals surface area (Å²) in [4.78, 5) is 13.0. The number of hydrogen-bond donors (Lipinski definition) is 1. The Kier molecular flexibility index (Phi) is 5.45. The van der Waals surface area contributed by atoms with Gasteiger partial charge in [-0.3, -0.25) is 9.00 Å². The fraction of sp³-hybridized carbons (Fsp3) is 0.667. The molecule has 4 aliphatic carbocycles. The molecule has 160 valence electrons. The van der Waals surface area contributed by atoms with E-state index in [0.29, 0.717) is 17.8 Å². The largest absolute Gasteiger partial charge is 0.772 e. The van der Waals surface area contributed by atoms with Gasteiger partial charge in [0.1, 0.15) is 11.6 Å². The van der Waals surface area contributed by atoms with Crippen molar-refractivity contribution in [3.8, 4) is 5.75 Å². The van der Waals surface area contributed by atoms with Gasteiger partial charge in [0.25, 0.3) is 5.91 Å². The molecule has 29 heavy (non-hydrogen) atoms. The molecule has 4 saturated carbocycles. The highest BCUT2D eigenvalue weighted by Crippen LogP contribution is 2.60. The van der Waals surface area contributed by atoms with Crippen molar-refractivity contribution in [2.75, 3.05) is 5.75 Å². The molecular formula is C21H26ClFNO4S-. The Morgan fingerprint density at radius 3 is 2.59 bits per heavy atom. The summed E-state index contributed by atoms with van der Waals surface area (Å²) in [7, 11) is 0. The second-order valence-corrected chi connectivity index (χ2v) is 10.9. The molecule has 0 radical (unpaired) electrons. The van der Waals surface area contributed by atoms with E-state index in [4.69, 9.17) is 16.3 Å². The predicted molar refractivity (Wildman–Crippen MR) is 108 cm³/mol. The highest BCUT2D eigenvalue weighted by Gasteiger charge is 2.56. The van der Waals surface area contributed by atoms with E-state index >= 15 is 0 Å². The van der Waals surface area contributed by atoms with Crippen molar-refractivity contribution in [1.82, 2.24) is 5.32 Å². The predicted octanol–water partition coefficient (Wildman–Crippen LogP) is 3.83. The van der Waals surface area contributed by atoms with Gasteiger partial charge in [-0.15, -0.1) is 0 Å². The second kappa shape index (κ2) is 7.50. The van der Waals surface area contributed by atoms with Gasteiger partial charge < -0.3 is 14.6 Å². The van der Waals surface area contributed by atoms with E-state index in [1.807, 2.05) is 0 Å². The van der Waals surface area contributed by atoms with E-state index in [1.165, 1.54) is 12.1 Å². The lowest BCUT2D eigenvalue weighted by molar-refractivity contribution is -0.140. The summed E-state index contributed by atoms with van der Waals surface area (Å²) in [6.45, 7) is 3.33. The van der Waals surface area contributed by atoms with E-state index in [1.54, 1.807) is 13.8 Å². The quantitative estimate of drug-likeness (QED) is 0.679. The van der Waals surface area contributed by atoms with Gasteiger partial charge in [-0.25, -0.2) is 4.39 Å². The zero-order valence-corrected chi connectivity index (χ0v) is 18.2. The maximum absolute atomic E-state index is 13.3. The van der Waals surface area contributed by atoms with Crippen molar-refractivity contribution in [3.05, 3.63) is 29.0 Å². The van der Waals surface area contributed by atoms with Gasteiger partial charge in [0.15, 0.2) is 5.60 Å². The van der Waals surface area contributed by atoms with Crippen molar-refractivity contribution in [3.63, 3.8) is 0 Å². The molecule has 5 rings (SSSR count). The fourth-order valence-electron chi connectivity index (χ4n) is 6.06. The highest BCUT2D eigenvalue weighted by atomic mass is 35.5. The van der Waals surface area contributed by atoms with Crippen LogP contribution >= 0.6 is 11.6 Å². The lowest BCUT2D eigenvalue weighted by Crippen LogP contribution is -2.62. The normalized spacial score (nSPS) is 34.1. The molecule has 1 amide bonds. The van der Waals surface area contributed by atoms with Crippen LogP contribution in [0.15, 0.2) is 18.2 Å². The third-order valence-corrected chi connectivity index (χ3v) is 8.07. The Bertz CT molecular complexity index is 832. The first kappa shape index (κ1) is 21.1. The third-order valence-electron chi connectivity index (χ3n) is 6.93. The first-order chi connectivity index (χ1) is 13.6. The molecule has 1 aromatic rings. The minimum atomic E-state index is -2.04. The van der Waals surface area contributed by atoms with Crippen LogP contribution in [0.4, 0.5) is 4.39 Å². The van der Waals surface area contributed by atoms with Gasteiger partial charge in [-0.05, 0) is 87.3 Å². The summed E-state index contributed by atoms with van der Waals surface area (Å²) < 4.78 is 41.8. The molecule has 8 heteroatoms. The fourth-order valence-corrected chi connectivity index (χ4v) is 7.12. The number of amides is 1. The molecule has 3 atom stereocenters. The van der Waals surface area contributed by atoms with Crippen molar-refractivity contribution in [1.29, 1.82) is 0 Å². The maximum Gasteiger partial charge on any atom is 0.263 e. The maximum atomic E-state index is 13.3. The van der Waals surface area contributed by atoms with Crippen LogP contribution in [0.2, 0.25) is 5.02 Å². The first-order valence-electron chi connectivity index (χ1n) is 10.1. The monoisotopic (exact) mass is 442 g/mol. The zero-order chi connectivity index (χ0) is 21.0. The topological polar surface area (TPSA) is 78.5 Å². The van der Waals surface area contributed by atoms with Gasteiger partial charge in [-0.2, -0.15) is 0 Å². The Balaban J connectivity index is 1.45. The molecular weight excluding hydrogens is 417 g/mol. The lowest BCUT2D eigenvalue weighted by atomic mass is 9.48. The van der Waals surface area contributed by atoms with Crippen LogP contribution < -0.4 is 10.1 Å². The van der Waals surface area contributed by atoms with Crippen LogP contribution in [-0.4, -0.2) is 32.1 Å². The third kappa shape index (κ3) is 4.19. The summed E-state index contributed by atoms with van der Waals surface area (Å²) in [5.74, 6) is 0.956. The van der Waals surface area contributed by atoms with E-state index in [-0.39, 0.29) is 33.9 Å². The molecule has 1 N–H and O–H groups in total. The smallest absolute Gasteiger partial charge is 0.263 e. The number of carbonyl (C=O) groups excluding carboxylic acids is 1. The second-order valence-electron chi connectivity index (χ2n) is 9.60. The molecule has 0 aliphatic heterocycles. The summed E-state index contributed by atoms with van der Waals surface area (Å²) in [6.07, 6.45) is 4.78. The van der Waals surface area contributed by atoms with Crippen LogP contribution in [0.3, 0.4) is 0 Å². The van der Waals surface area contributed by atoms with Crippen LogP contribution in [0.5, 0.6) is 5.75 Å². The number of hydrogen-bond acceptors (Lipinski definition) is 4. The molecule has 0 saturated heterocycles. The van der Waals surface area contributed by atoms with Crippen molar-refractivity contribution < 1.29 is 22.7 Å². The number of carbonyl (C=O) groups is 1. The van der Waals surface area contributed by atoms with Gasteiger partial charge in [0.05, 0.1) is 5.02 Å². The lowest BCUT2D eigenvalue weighted by Gasteiger charge is -2.60. The van der Waals surface area contributed by atoms with Gasteiger partial charge >= 0.3 is 0 Å². The molecule has 4 bridgehead atoms. The van der Waals surface area contributed by atoms with Gasteiger partial charge in [0, 0.05) is 11.8 Å². The zero-order valence-electron chi connectivity index (χ0n) is 16.6. The highest BCUT2D eigenvalue weighted by molar-refractivity contribution is 7.79. The van der Waals surface area contributed by atoms with Gasteiger partial charge in [0.2, 0.25) is 0 Å². The first-order valence-corrected chi connectivity index (χ1v) is 11.7. The summed E-state index contributed by atoms with van der Waals surface area (Å²) in [5, 5.41) is 3.31. The number of halogens is 2. The summed E-state index contributed by atoms with van der Waals surface area (Å²) in [5.41, 5.74) is -1.29. The average molecular weight is 443 g/mol. The molecule has 4 fully saturated rings. The average Bonchev–Trinajstić information content (AvgIpc) is 2.58. The Morgan fingerprint density at radius 1 is 1.34 bits per heavy atom. The summed E-state index contributed by atoms with van der Waals surface area (Å²) >= 11 is 4.00. The Labute approximate surface area is 178 Å². The van der Waals surface area contributed by atoms with E-state index < -0.39 is 22.5 Å². The summed E-state index contributed by atoms with van der Waals surface area (Å²) in [6, 6.07) is 3.86. The van der Waals surface area contributed by atoms with Crippen LogP contribution in [0.1, 0.15) is 46.0 Å². The van der Waals surface area contributed by atoms with Crippen molar-refractivity contribution in [2.45, 2.75) is 57.6 Å². The Morgan fingerprint density at radius 2 is 2.00 bits per heavy atom. The standard InChI is InChI=1S/C21H27ClFNO4S/c1-20(2,28-17-4-3-15(23)7-16(17)22)19(25)24-18-13-5-12-6-14(18)10-21(8-12,9-13)11-29(26)27/h3-4,7,12-14,18H,5-6,8-11H2,1-2H3,(H,24,25)(H,26,27)/p-1. The minimum Gasteiger partial charge on any atom is -0.772 e. The van der Waals surface area contributed by atoms with Crippen LogP contribution in [-0.2, 0) is 15.9 Å². The van der Waals surface area contributed by atoms with Gasteiger partial charge in [-0.1, -0.05) is 22.7 Å². The van der Waals surface area contributed by atoms with Crippen molar-refractivity contribution in [2.24, 2.45) is 23.2 Å². The number of ether oxygens (including phenoxy) is 1. The number of benzene rings is 1. The molecule has 0 spiro atoms. The Hall–Kier alpha value is -1.18. The molecule has 1 aromatic carbocycles. The van der Waals surface area contributed by atoms with E-state index in [9.17, 15) is 17.9 Å². The molecule has 5 nitrogen and oxygen atoms in total. The molecule has 0 aromatic heterocycles. The minimum absolute atomic E-state index is 0.0406. The molecule has 0 heterocycles. The molecule has 3 unspecified atom stereocenters. The van der Waals surface area contributed by atoms with E-state index in [2.05, 4.69) is 5.32 Å². The van der Waals surface area contributed by atoms with Crippen LogP contribution in [0, 0.1) is 29.0 Å². The van der Waals surface area contributed by atoms with E-state index in [0.717, 1.165) is 38.2 Å². The SMILES string of the molecule is CC(C)(Oc1ccc(F)cc1Cl)C(=O)NC1C2CC3CC1CC(CS(=O)[O-])(C3)C2. The molecule has 4 aliphatic rings. The number of nitrogens with one attached hydrogen (secondary N) is 1. The van der Waals surface area contributed by atoms with Crippen LogP contribution in [0.25, 0.3) is 0 Å². The van der Waals surface area contributed by atoms with Crippen molar-refractivity contribution >= 4 is 28.6 Å².